The SMILES string of the molecule is C/C(=C/CCOC(=O)C(C(F)(F)F)C(F)(F)F)c1ccccc1. The van der Waals surface area contributed by atoms with Crippen molar-refractivity contribution in [3.8, 4) is 0 Å². The number of alkyl halides is 6. The summed E-state index contributed by atoms with van der Waals surface area (Å²) in [6, 6.07) is 8.95. The smallest absolute Gasteiger partial charge is 0.411 e. The van der Waals surface area contributed by atoms with Gasteiger partial charge in [0.15, 0.2) is 0 Å². The van der Waals surface area contributed by atoms with Crippen molar-refractivity contribution < 1.29 is 35.9 Å². The molecular formula is C15H14F6O2. The molecule has 8 heteroatoms. The number of allylic oxidation sites excluding steroid dienone is 1. The molecule has 0 radical (unpaired) electrons. The van der Waals surface area contributed by atoms with Gasteiger partial charge < -0.3 is 4.74 Å². The van der Waals surface area contributed by atoms with Gasteiger partial charge in [-0.2, -0.15) is 26.3 Å². The largest absolute Gasteiger partial charge is 0.465 e. The predicted octanol–water partition coefficient (Wildman–Crippen LogP) is 4.76. The minimum atomic E-state index is -5.73. The van der Waals surface area contributed by atoms with Crippen molar-refractivity contribution in [3.05, 3.63) is 42.0 Å². The van der Waals surface area contributed by atoms with E-state index in [4.69, 9.17) is 0 Å². The highest BCUT2D eigenvalue weighted by Gasteiger charge is 2.62. The number of carbonyl (C=O) groups excluding carboxylic acids is 1. The van der Waals surface area contributed by atoms with Crippen LogP contribution in [0.3, 0.4) is 0 Å². The van der Waals surface area contributed by atoms with Gasteiger partial charge in [-0.05, 0) is 18.1 Å². The van der Waals surface area contributed by atoms with Crippen molar-refractivity contribution in [2.24, 2.45) is 5.92 Å². The lowest BCUT2D eigenvalue weighted by atomic mass is 10.1. The van der Waals surface area contributed by atoms with Gasteiger partial charge in [-0.1, -0.05) is 36.4 Å². The molecule has 0 atom stereocenters. The minimum Gasteiger partial charge on any atom is -0.465 e. The number of esters is 1. The number of carbonyl (C=O) groups is 1. The molecular weight excluding hydrogens is 326 g/mol. The summed E-state index contributed by atoms with van der Waals surface area (Å²) in [5.74, 6) is -6.45. The molecule has 1 aromatic carbocycles. The summed E-state index contributed by atoms with van der Waals surface area (Å²) in [7, 11) is 0. The van der Waals surface area contributed by atoms with Crippen molar-refractivity contribution in [2.45, 2.75) is 25.7 Å². The van der Waals surface area contributed by atoms with Crippen molar-refractivity contribution in [2.75, 3.05) is 6.61 Å². The highest BCUT2D eigenvalue weighted by molar-refractivity contribution is 5.74. The van der Waals surface area contributed by atoms with E-state index in [0.717, 1.165) is 11.1 Å². The maximum Gasteiger partial charge on any atom is 0.411 e. The van der Waals surface area contributed by atoms with Crippen LogP contribution >= 0.6 is 0 Å². The van der Waals surface area contributed by atoms with E-state index >= 15 is 0 Å². The highest BCUT2D eigenvalue weighted by Crippen LogP contribution is 2.39. The van der Waals surface area contributed by atoms with Crippen LogP contribution < -0.4 is 0 Å². The van der Waals surface area contributed by atoms with Crippen LogP contribution in [0, 0.1) is 5.92 Å². The van der Waals surface area contributed by atoms with E-state index in [0.29, 0.717) is 0 Å². The Hall–Kier alpha value is -1.99. The normalized spacial score (nSPS) is 13.3. The Labute approximate surface area is 128 Å². The van der Waals surface area contributed by atoms with Gasteiger partial charge in [0, 0.05) is 6.42 Å². The molecule has 0 aromatic heterocycles. The summed E-state index contributed by atoms with van der Waals surface area (Å²) in [5, 5.41) is 0. The number of ether oxygens (including phenoxy) is 1. The maximum absolute atomic E-state index is 12.3. The Bertz CT molecular complexity index is 531. The first kappa shape index (κ1) is 19.1. The third kappa shape index (κ3) is 5.96. The molecule has 0 saturated carbocycles. The van der Waals surface area contributed by atoms with Crippen LogP contribution in [0.15, 0.2) is 36.4 Å². The van der Waals surface area contributed by atoms with Gasteiger partial charge in [0.05, 0.1) is 6.61 Å². The molecule has 0 unspecified atom stereocenters. The number of hydrogen-bond acceptors (Lipinski definition) is 2. The van der Waals surface area contributed by atoms with Crippen molar-refractivity contribution >= 4 is 11.5 Å². The molecule has 0 bridgehead atoms. The number of rotatable bonds is 5. The van der Waals surface area contributed by atoms with Gasteiger partial charge >= 0.3 is 18.3 Å². The molecule has 1 aromatic rings. The van der Waals surface area contributed by atoms with Crippen molar-refractivity contribution in [3.63, 3.8) is 0 Å². The second-order valence-corrected chi connectivity index (χ2v) is 4.73. The van der Waals surface area contributed by atoms with E-state index < -0.39 is 30.8 Å². The van der Waals surface area contributed by atoms with E-state index in [9.17, 15) is 31.1 Å². The van der Waals surface area contributed by atoms with Gasteiger partial charge in [-0.15, -0.1) is 0 Å². The molecule has 2 nitrogen and oxygen atoms in total. The molecule has 1 rings (SSSR count). The summed E-state index contributed by atoms with van der Waals surface area (Å²) < 4.78 is 77.9. The van der Waals surface area contributed by atoms with Gasteiger partial charge in [-0.25, -0.2) is 0 Å². The van der Waals surface area contributed by atoms with E-state index in [1.165, 1.54) is 0 Å². The topological polar surface area (TPSA) is 26.3 Å². The molecule has 0 aliphatic rings. The molecule has 128 valence electrons. The standard InChI is InChI=1S/C15H14F6O2/c1-10(11-7-3-2-4-8-11)6-5-9-23-13(22)12(14(16,17)18)15(19,20)21/h2-4,6-8,12H,5,9H2,1H3/b10-6-. The molecule has 0 N–H and O–H groups in total. The molecule has 23 heavy (non-hydrogen) atoms. The Balaban J connectivity index is 2.59. The summed E-state index contributed by atoms with van der Waals surface area (Å²) in [4.78, 5) is 11.1. The third-order valence-corrected chi connectivity index (χ3v) is 2.93. The van der Waals surface area contributed by atoms with Crippen LogP contribution in [0.25, 0.3) is 5.57 Å². The van der Waals surface area contributed by atoms with Crippen LogP contribution in [0.5, 0.6) is 0 Å². The van der Waals surface area contributed by atoms with Gasteiger partial charge in [0.25, 0.3) is 0 Å². The van der Waals surface area contributed by atoms with E-state index in [2.05, 4.69) is 4.74 Å². The monoisotopic (exact) mass is 340 g/mol. The zero-order chi connectivity index (χ0) is 17.7. The average Bonchev–Trinajstić information content (AvgIpc) is 2.41. The molecule has 0 heterocycles. The molecule has 0 saturated heterocycles. The van der Waals surface area contributed by atoms with Crippen LogP contribution in [-0.4, -0.2) is 24.9 Å². The summed E-state index contributed by atoms with van der Waals surface area (Å²) in [5.41, 5.74) is 1.62. The lowest BCUT2D eigenvalue weighted by molar-refractivity contribution is -0.281. The van der Waals surface area contributed by atoms with E-state index in [1.54, 1.807) is 43.3 Å². The molecule has 0 amide bonds. The number of halogens is 6. The first-order valence-corrected chi connectivity index (χ1v) is 6.55. The Kier molecular flexibility index (Phi) is 6.23. The zero-order valence-electron chi connectivity index (χ0n) is 12.0. The fourth-order valence-corrected chi connectivity index (χ4v) is 1.79. The third-order valence-electron chi connectivity index (χ3n) is 2.93. The maximum atomic E-state index is 12.3. The number of benzene rings is 1. The van der Waals surface area contributed by atoms with E-state index in [-0.39, 0.29) is 6.42 Å². The molecule has 0 aliphatic carbocycles. The minimum absolute atomic E-state index is 0.00883. The van der Waals surface area contributed by atoms with Crippen LogP contribution in [0.2, 0.25) is 0 Å². The van der Waals surface area contributed by atoms with Gasteiger partial charge in [-0.3, -0.25) is 4.79 Å². The van der Waals surface area contributed by atoms with Crippen molar-refractivity contribution in [1.82, 2.24) is 0 Å². The average molecular weight is 340 g/mol. The van der Waals surface area contributed by atoms with Crippen LogP contribution in [0.4, 0.5) is 26.3 Å². The predicted molar refractivity (Wildman–Crippen MR) is 71.3 cm³/mol. The van der Waals surface area contributed by atoms with Crippen LogP contribution in [-0.2, 0) is 9.53 Å². The van der Waals surface area contributed by atoms with E-state index in [1.807, 2.05) is 0 Å². The second kappa shape index (κ2) is 7.52. The fraction of sp³-hybridized carbons (Fsp3) is 0.400. The first-order valence-electron chi connectivity index (χ1n) is 6.55. The fourth-order valence-electron chi connectivity index (χ4n) is 1.79. The van der Waals surface area contributed by atoms with Gasteiger partial charge in [0.2, 0.25) is 5.92 Å². The summed E-state index contributed by atoms with van der Waals surface area (Å²) in [6.07, 6.45) is -9.88. The molecule has 0 spiro atoms. The lowest BCUT2D eigenvalue weighted by Gasteiger charge is -2.21. The van der Waals surface area contributed by atoms with Gasteiger partial charge in [0.1, 0.15) is 0 Å². The van der Waals surface area contributed by atoms with Crippen LogP contribution in [0.1, 0.15) is 18.9 Å². The zero-order valence-corrected chi connectivity index (χ0v) is 12.0. The summed E-state index contributed by atoms with van der Waals surface area (Å²) in [6.45, 7) is 1.16. The first-order chi connectivity index (χ1) is 10.5. The second-order valence-electron chi connectivity index (χ2n) is 4.73. The molecule has 0 aliphatic heterocycles. The lowest BCUT2D eigenvalue weighted by Crippen LogP contribution is -2.43. The summed E-state index contributed by atoms with van der Waals surface area (Å²) >= 11 is 0. The Morgan fingerprint density at radius 3 is 2.09 bits per heavy atom. The quantitative estimate of drug-likeness (QED) is 0.439. The van der Waals surface area contributed by atoms with Crippen molar-refractivity contribution in [1.29, 1.82) is 0 Å². The number of hydrogen-bond donors (Lipinski definition) is 0. The highest BCUT2D eigenvalue weighted by atomic mass is 19.4. The Morgan fingerprint density at radius 2 is 1.61 bits per heavy atom. The molecule has 0 fully saturated rings. The Morgan fingerprint density at radius 1 is 1.09 bits per heavy atom.